The molecule has 0 radical (unpaired) electrons. The van der Waals surface area contributed by atoms with Crippen molar-refractivity contribution in [1.82, 2.24) is 20.2 Å². The van der Waals surface area contributed by atoms with Gasteiger partial charge >= 0.3 is 6.01 Å². The Morgan fingerprint density at radius 3 is 2.38 bits per heavy atom. The third-order valence-corrected chi connectivity index (χ3v) is 4.28. The van der Waals surface area contributed by atoms with Gasteiger partial charge in [0.05, 0.1) is 12.3 Å². The largest absolute Gasteiger partial charge is 0.474 e. The quantitative estimate of drug-likeness (QED) is 0.371. The van der Waals surface area contributed by atoms with Crippen LogP contribution in [-0.2, 0) is 0 Å². The molecule has 0 saturated heterocycles. The lowest BCUT2D eigenvalue weighted by Gasteiger charge is -2.12. The molecule has 0 fully saturated rings. The lowest BCUT2D eigenvalue weighted by atomic mass is 10.1. The average molecular weight is 450 g/mol. The Kier molecular flexibility index (Phi) is 5.88. The number of ether oxygens (including phenoxy) is 2. The molecule has 2 aromatic carbocycles. The average Bonchev–Trinajstić information content (AvgIpc) is 3.17. The molecule has 0 aliphatic carbocycles. The molecule has 0 aliphatic heterocycles. The predicted molar refractivity (Wildman–Crippen MR) is 102 cm³/mol. The van der Waals surface area contributed by atoms with E-state index in [9.17, 15) is 22.7 Å². The Labute approximate surface area is 177 Å². The molecule has 2 aromatic heterocycles. The topological polar surface area (TPSA) is 113 Å². The van der Waals surface area contributed by atoms with E-state index >= 15 is 0 Å². The molecule has 0 aliphatic rings. The molecule has 0 spiro atoms. The molecule has 1 unspecified atom stereocenters. The predicted octanol–water partition coefficient (Wildman–Crippen LogP) is 3.10. The van der Waals surface area contributed by atoms with Gasteiger partial charge in [0.25, 0.3) is 0 Å². The molecule has 4 rings (SSSR count). The lowest BCUT2D eigenvalue weighted by Crippen LogP contribution is -2.21. The molecule has 2 heterocycles. The fourth-order valence-electron chi connectivity index (χ4n) is 2.80. The molecule has 0 saturated carbocycles. The van der Waals surface area contributed by atoms with Gasteiger partial charge < -0.3 is 19.7 Å². The van der Waals surface area contributed by atoms with E-state index < -0.39 is 48.6 Å². The number of aromatic amines is 1. The van der Waals surface area contributed by atoms with Gasteiger partial charge in [0.1, 0.15) is 35.5 Å². The van der Waals surface area contributed by atoms with E-state index in [1.807, 2.05) is 0 Å². The third kappa shape index (κ3) is 4.31. The molecular weight excluding hydrogens is 436 g/mol. The Morgan fingerprint density at radius 1 is 0.969 bits per heavy atom. The van der Waals surface area contributed by atoms with Crippen molar-refractivity contribution < 1.29 is 37.2 Å². The van der Waals surface area contributed by atoms with Gasteiger partial charge in [-0.2, -0.15) is 15.1 Å². The second-order valence-electron chi connectivity index (χ2n) is 6.56. The number of aromatic nitrogens is 4. The molecule has 8 nitrogen and oxygen atoms in total. The number of nitrogens with one attached hydrogen (secondary N) is 1. The number of nitrogens with zero attached hydrogens (tertiary/aromatic N) is 3. The Bertz CT molecular complexity index is 1280. The number of benzene rings is 2. The van der Waals surface area contributed by atoms with Crippen molar-refractivity contribution >= 4 is 11.0 Å². The monoisotopic (exact) mass is 450 g/mol. The van der Waals surface area contributed by atoms with Crippen molar-refractivity contribution in [2.75, 3.05) is 13.2 Å². The zero-order valence-corrected chi connectivity index (χ0v) is 16.0. The standard InChI is InChI=1S/C20H14F4N4O4/c21-9-1-3-12(13(23)5-9)17-16-18(28-27-17)25-20(26-19(16)31-8-11(30)7-29)32-15-4-2-10(22)6-14(15)24/h1-6,11,29-30H,7-8H2,(H,25,26,27,28). The highest BCUT2D eigenvalue weighted by atomic mass is 19.1. The van der Waals surface area contributed by atoms with Crippen LogP contribution in [-0.4, -0.2) is 49.7 Å². The third-order valence-electron chi connectivity index (χ3n) is 4.28. The summed E-state index contributed by atoms with van der Waals surface area (Å²) in [6.07, 6.45) is -1.27. The molecule has 3 N–H and O–H groups in total. The smallest absolute Gasteiger partial charge is 0.327 e. The SMILES string of the molecule is OCC(O)COc1nc(Oc2ccc(F)cc2F)nc2n[nH]c(-c3ccc(F)cc3F)c12. The summed E-state index contributed by atoms with van der Waals surface area (Å²) in [6, 6.07) is 5.04. The number of rotatable bonds is 7. The van der Waals surface area contributed by atoms with Crippen molar-refractivity contribution in [3.63, 3.8) is 0 Å². The Balaban J connectivity index is 1.81. The summed E-state index contributed by atoms with van der Waals surface area (Å²) in [7, 11) is 0. The van der Waals surface area contributed by atoms with E-state index in [2.05, 4.69) is 20.2 Å². The zero-order valence-electron chi connectivity index (χ0n) is 16.0. The van der Waals surface area contributed by atoms with Crippen LogP contribution in [0.3, 0.4) is 0 Å². The van der Waals surface area contributed by atoms with Gasteiger partial charge in [-0.3, -0.25) is 5.10 Å². The summed E-state index contributed by atoms with van der Waals surface area (Å²) in [5.74, 6) is -4.13. The number of fused-ring (bicyclic) bond motifs is 1. The van der Waals surface area contributed by atoms with Gasteiger partial charge in [-0.25, -0.2) is 17.6 Å². The highest BCUT2D eigenvalue weighted by Gasteiger charge is 2.22. The summed E-state index contributed by atoms with van der Waals surface area (Å²) in [5, 5.41) is 25.2. The maximum atomic E-state index is 14.3. The summed E-state index contributed by atoms with van der Waals surface area (Å²) in [5.41, 5.74) is -0.0986. The minimum absolute atomic E-state index is 0.0468. The first-order chi connectivity index (χ1) is 15.4. The lowest BCUT2D eigenvalue weighted by molar-refractivity contribution is 0.0525. The zero-order chi connectivity index (χ0) is 22.8. The summed E-state index contributed by atoms with van der Waals surface area (Å²) in [4.78, 5) is 8.02. The van der Waals surface area contributed by atoms with Crippen LogP contribution >= 0.6 is 0 Å². The van der Waals surface area contributed by atoms with Crippen LogP contribution < -0.4 is 9.47 Å². The van der Waals surface area contributed by atoms with Crippen molar-refractivity contribution in [2.45, 2.75) is 6.10 Å². The van der Waals surface area contributed by atoms with Gasteiger partial charge in [-0.1, -0.05) is 0 Å². The molecule has 0 amide bonds. The second kappa shape index (κ2) is 8.77. The van der Waals surface area contributed by atoms with Crippen LogP contribution in [0.25, 0.3) is 22.3 Å². The van der Waals surface area contributed by atoms with E-state index in [1.54, 1.807) is 0 Å². The van der Waals surface area contributed by atoms with Gasteiger partial charge in [0, 0.05) is 17.7 Å². The molecular formula is C20H14F4N4O4. The van der Waals surface area contributed by atoms with Gasteiger partial charge in [-0.15, -0.1) is 0 Å². The molecule has 12 heteroatoms. The number of hydrogen-bond acceptors (Lipinski definition) is 7. The number of aliphatic hydroxyl groups excluding tert-OH is 2. The molecule has 0 bridgehead atoms. The maximum absolute atomic E-state index is 14.3. The van der Waals surface area contributed by atoms with Crippen LogP contribution in [0.5, 0.6) is 17.6 Å². The number of aliphatic hydroxyl groups is 2. The van der Waals surface area contributed by atoms with Crippen LogP contribution in [0, 0.1) is 23.3 Å². The number of hydrogen-bond donors (Lipinski definition) is 3. The summed E-state index contributed by atoms with van der Waals surface area (Å²) in [6.45, 7) is -1.02. The first kappa shape index (κ1) is 21.5. The van der Waals surface area contributed by atoms with E-state index in [-0.39, 0.29) is 33.9 Å². The minimum Gasteiger partial charge on any atom is -0.474 e. The fourth-order valence-corrected chi connectivity index (χ4v) is 2.80. The van der Waals surface area contributed by atoms with Crippen LogP contribution in [0.4, 0.5) is 17.6 Å². The fraction of sp³-hybridized carbons (Fsp3) is 0.150. The second-order valence-corrected chi connectivity index (χ2v) is 6.56. The first-order valence-corrected chi connectivity index (χ1v) is 9.12. The normalized spacial score (nSPS) is 12.2. The highest BCUT2D eigenvalue weighted by Crippen LogP contribution is 2.35. The summed E-state index contributed by atoms with van der Waals surface area (Å²) < 4.78 is 65.4. The van der Waals surface area contributed by atoms with Crippen molar-refractivity contribution in [2.24, 2.45) is 0 Å². The molecule has 4 aromatic rings. The molecule has 1 atom stereocenters. The minimum atomic E-state index is -1.27. The van der Waals surface area contributed by atoms with Crippen molar-refractivity contribution in [3.8, 4) is 28.9 Å². The van der Waals surface area contributed by atoms with E-state index in [4.69, 9.17) is 14.6 Å². The summed E-state index contributed by atoms with van der Waals surface area (Å²) >= 11 is 0. The number of H-pyrrole nitrogens is 1. The molecule has 32 heavy (non-hydrogen) atoms. The van der Waals surface area contributed by atoms with Crippen molar-refractivity contribution in [3.05, 3.63) is 59.7 Å². The van der Waals surface area contributed by atoms with E-state index in [0.717, 1.165) is 18.2 Å². The van der Waals surface area contributed by atoms with Crippen LogP contribution in [0.2, 0.25) is 0 Å². The first-order valence-electron chi connectivity index (χ1n) is 9.12. The van der Waals surface area contributed by atoms with E-state index in [0.29, 0.717) is 12.1 Å². The van der Waals surface area contributed by atoms with Crippen molar-refractivity contribution in [1.29, 1.82) is 0 Å². The van der Waals surface area contributed by atoms with Gasteiger partial charge in [0.15, 0.2) is 17.2 Å². The van der Waals surface area contributed by atoms with Gasteiger partial charge in [-0.05, 0) is 24.3 Å². The van der Waals surface area contributed by atoms with Crippen LogP contribution in [0.1, 0.15) is 0 Å². The Hall–Kier alpha value is -3.77. The molecule has 166 valence electrons. The van der Waals surface area contributed by atoms with Crippen LogP contribution in [0.15, 0.2) is 36.4 Å². The Morgan fingerprint density at radius 2 is 1.69 bits per heavy atom. The maximum Gasteiger partial charge on any atom is 0.327 e. The highest BCUT2D eigenvalue weighted by molar-refractivity contribution is 5.94. The van der Waals surface area contributed by atoms with E-state index in [1.165, 1.54) is 6.07 Å². The van der Waals surface area contributed by atoms with Gasteiger partial charge in [0.2, 0.25) is 5.88 Å². The number of halogens is 4.